The molecule has 0 radical (unpaired) electrons. The number of nitrogens with one attached hydrogen (secondary N) is 1. The highest BCUT2D eigenvalue weighted by molar-refractivity contribution is 5.86. The van der Waals surface area contributed by atoms with E-state index in [-0.39, 0.29) is 19.1 Å². The molecule has 0 fully saturated rings. The summed E-state index contributed by atoms with van der Waals surface area (Å²) in [5, 5.41) is 5.36. The van der Waals surface area contributed by atoms with E-state index in [0.29, 0.717) is 0 Å². The standard InChI is InChI=1S/C15H15NO2/c1-2-9-18-15(17)11-16-14-8-7-12-5-3-4-6-13(12)10-14/h2-8,10,16H,1,9,11H2. The van der Waals surface area contributed by atoms with E-state index in [1.54, 1.807) is 6.08 Å². The molecule has 0 aliphatic rings. The summed E-state index contributed by atoms with van der Waals surface area (Å²) in [6.07, 6.45) is 1.55. The molecule has 0 saturated carbocycles. The van der Waals surface area contributed by atoms with Crippen LogP contribution in [-0.4, -0.2) is 19.1 Å². The third kappa shape index (κ3) is 3.10. The van der Waals surface area contributed by atoms with Crippen molar-refractivity contribution < 1.29 is 9.53 Å². The Morgan fingerprint density at radius 3 is 2.78 bits per heavy atom. The van der Waals surface area contributed by atoms with Crippen molar-refractivity contribution in [3.63, 3.8) is 0 Å². The van der Waals surface area contributed by atoms with Gasteiger partial charge in [-0.15, -0.1) is 0 Å². The molecule has 2 aromatic rings. The third-order valence-corrected chi connectivity index (χ3v) is 2.55. The van der Waals surface area contributed by atoms with Crippen molar-refractivity contribution in [3.8, 4) is 0 Å². The first-order valence-electron chi connectivity index (χ1n) is 5.79. The molecule has 2 aromatic carbocycles. The Labute approximate surface area is 106 Å². The van der Waals surface area contributed by atoms with Crippen LogP contribution < -0.4 is 5.32 Å². The lowest BCUT2D eigenvalue weighted by Gasteiger charge is -2.07. The van der Waals surface area contributed by atoms with Gasteiger partial charge in [0.25, 0.3) is 0 Å². The Bertz CT molecular complexity index is 563. The van der Waals surface area contributed by atoms with Crippen LogP contribution in [0.5, 0.6) is 0 Å². The molecule has 0 bridgehead atoms. The summed E-state index contributed by atoms with van der Waals surface area (Å²) in [4.78, 5) is 11.3. The number of esters is 1. The van der Waals surface area contributed by atoms with Gasteiger partial charge in [-0.2, -0.15) is 0 Å². The van der Waals surface area contributed by atoms with Crippen molar-refractivity contribution in [2.24, 2.45) is 0 Å². The van der Waals surface area contributed by atoms with Gasteiger partial charge in [-0.3, -0.25) is 4.79 Å². The first kappa shape index (κ1) is 12.2. The lowest BCUT2D eigenvalue weighted by molar-refractivity contribution is -0.140. The zero-order valence-electron chi connectivity index (χ0n) is 10.1. The van der Waals surface area contributed by atoms with Gasteiger partial charge >= 0.3 is 5.97 Å². The van der Waals surface area contributed by atoms with E-state index in [1.807, 2.05) is 36.4 Å². The number of carbonyl (C=O) groups excluding carboxylic acids is 1. The third-order valence-electron chi connectivity index (χ3n) is 2.55. The van der Waals surface area contributed by atoms with Gasteiger partial charge in [0.05, 0.1) is 0 Å². The van der Waals surface area contributed by atoms with Crippen LogP contribution in [0.1, 0.15) is 0 Å². The average molecular weight is 241 g/mol. The molecule has 0 aliphatic heterocycles. The van der Waals surface area contributed by atoms with Crippen LogP contribution in [0.25, 0.3) is 10.8 Å². The fourth-order valence-corrected chi connectivity index (χ4v) is 1.68. The second-order valence-corrected chi connectivity index (χ2v) is 3.89. The SMILES string of the molecule is C=CCOC(=O)CNc1ccc2ccccc2c1. The Hall–Kier alpha value is -2.29. The maximum atomic E-state index is 11.3. The topological polar surface area (TPSA) is 38.3 Å². The summed E-state index contributed by atoms with van der Waals surface area (Å²) < 4.78 is 4.88. The molecular weight excluding hydrogens is 226 g/mol. The molecule has 0 atom stereocenters. The van der Waals surface area contributed by atoms with Crippen molar-refractivity contribution in [2.75, 3.05) is 18.5 Å². The zero-order chi connectivity index (χ0) is 12.8. The summed E-state index contributed by atoms with van der Waals surface area (Å²) in [5.74, 6) is -0.289. The van der Waals surface area contributed by atoms with Gasteiger partial charge in [0.15, 0.2) is 0 Å². The van der Waals surface area contributed by atoms with Gasteiger partial charge in [0.1, 0.15) is 13.2 Å². The van der Waals surface area contributed by atoms with E-state index in [1.165, 1.54) is 5.39 Å². The minimum atomic E-state index is -0.289. The van der Waals surface area contributed by atoms with Gasteiger partial charge in [0.2, 0.25) is 0 Å². The molecule has 0 aromatic heterocycles. The maximum absolute atomic E-state index is 11.3. The van der Waals surface area contributed by atoms with E-state index in [9.17, 15) is 4.79 Å². The van der Waals surface area contributed by atoms with E-state index >= 15 is 0 Å². The molecular formula is C15H15NO2. The van der Waals surface area contributed by atoms with Crippen LogP contribution in [0.15, 0.2) is 55.1 Å². The largest absolute Gasteiger partial charge is 0.460 e. The van der Waals surface area contributed by atoms with E-state index < -0.39 is 0 Å². The smallest absolute Gasteiger partial charge is 0.325 e. The van der Waals surface area contributed by atoms with Crippen LogP contribution in [0.4, 0.5) is 5.69 Å². The van der Waals surface area contributed by atoms with E-state index in [4.69, 9.17) is 4.74 Å². The summed E-state index contributed by atoms with van der Waals surface area (Å²) in [6.45, 7) is 3.89. The van der Waals surface area contributed by atoms with Crippen molar-refractivity contribution in [2.45, 2.75) is 0 Å². The Kier molecular flexibility index (Phi) is 3.97. The molecule has 92 valence electrons. The minimum absolute atomic E-state index is 0.159. The summed E-state index contributed by atoms with van der Waals surface area (Å²) in [7, 11) is 0. The zero-order valence-corrected chi connectivity index (χ0v) is 10.1. The number of hydrogen-bond donors (Lipinski definition) is 1. The van der Waals surface area contributed by atoms with Crippen LogP contribution in [-0.2, 0) is 9.53 Å². The molecule has 3 heteroatoms. The van der Waals surface area contributed by atoms with Gasteiger partial charge in [0, 0.05) is 5.69 Å². The molecule has 1 N–H and O–H groups in total. The average Bonchev–Trinajstić information content (AvgIpc) is 2.42. The monoisotopic (exact) mass is 241 g/mol. The van der Waals surface area contributed by atoms with Crippen molar-refractivity contribution in [1.29, 1.82) is 0 Å². The fourth-order valence-electron chi connectivity index (χ4n) is 1.68. The normalized spacial score (nSPS) is 10.0. The predicted octanol–water partition coefficient (Wildman–Crippen LogP) is 2.98. The number of benzene rings is 2. The summed E-state index contributed by atoms with van der Waals surface area (Å²) >= 11 is 0. The fraction of sp³-hybridized carbons (Fsp3) is 0.133. The van der Waals surface area contributed by atoms with Crippen molar-refractivity contribution >= 4 is 22.4 Å². The van der Waals surface area contributed by atoms with Gasteiger partial charge < -0.3 is 10.1 Å². The number of fused-ring (bicyclic) bond motifs is 1. The first-order chi connectivity index (χ1) is 8.79. The van der Waals surface area contributed by atoms with Crippen LogP contribution in [0.3, 0.4) is 0 Å². The Morgan fingerprint density at radius 1 is 1.22 bits per heavy atom. The molecule has 3 nitrogen and oxygen atoms in total. The number of ether oxygens (including phenoxy) is 1. The van der Waals surface area contributed by atoms with Crippen LogP contribution in [0.2, 0.25) is 0 Å². The van der Waals surface area contributed by atoms with Crippen LogP contribution in [0, 0.1) is 0 Å². The highest BCUT2D eigenvalue weighted by Gasteiger charge is 2.01. The molecule has 0 amide bonds. The highest BCUT2D eigenvalue weighted by Crippen LogP contribution is 2.18. The van der Waals surface area contributed by atoms with Crippen molar-refractivity contribution in [1.82, 2.24) is 0 Å². The number of hydrogen-bond acceptors (Lipinski definition) is 3. The first-order valence-corrected chi connectivity index (χ1v) is 5.79. The molecule has 0 spiro atoms. The minimum Gasteiger partial charge on any atom is -0.460 e. The summed E-state index contributed by atoms with van der Waals surface area (Å²) in [5.41, 5.74) is 0.907. The van der Waals surface area contributed by atoms with Crippen molar-refractivity contribution in [3.05, 3.63) is 55.1 Å². The second kappa shape index (κ2) is 5.87. The molecule has 0 heterocycles. The van der Waals surface area contributed by atoms with E-state index in [2.05, 4.69) is 18.0 Å². The molecule has 0 saturated heterocycles. The molecule has 2 rings (SSSR count). The summed E-state index contributed by atoms with van der Waals surface area (Å²) in [6, 6.07) is 14.1. The number of carbonyl (C=O) groups is 1. The molecule has 0 aliphatic carbocycles. The highest BCUT2D eigenvalue weighted by atomic mass is 16.5. The second-order valence-electron chi connectivity index (χ2n) is 3.89. The molecule has 18 heavy (non-hydrogen) atoms. The molecule has 0 unspecified atom stereocenters. The predicted molar refractivity (Wildman–Crippen MR) is 73.6 cm³/mol. The maximum Gasteiger partial charge on any atom is 0.325 e. The lowest BCUT2D eigenvalue weighted by atomic mass is 10.1. The Balaban J connectivity index is 1.99. The number of anilines is 1. The van der Waals surface area contributed by atoms with Gasteiger partial charge in [-0.05, 0) is 22.9 Å². The van der Waals surface area contributed by atoms with Gasteiger partial charge in [-0.1, -0.05) is 43.0 Å². The quantitative estimate of drug-likeness (QED) is 0.646. The van der Waals surface area contributed by atoms with Crippen LogP contribution >= 0.6 is 0 Å². The van der Waals surface area contributed by atoms with E-state index in [0.717, 1.165) is 11.1 Å². The Morgan fingerprint density at radius 2 is 2.00 bits per heavy atom. The lowest BCUT2D eigenvalue weighted by Crippen LogP contribution is -2.16. The number of rotatable bonds is 5. The van der Waals surface area contributed by atoms with Gasteiger partial charge in [-0.25, -0.2) is 0 Å².